The number of piperidine rings is 1. The number of hydrogen-bond acceptors (Lipinski definition) is 4. The molecule has 4 amide bonds. The van der Waals surface area contributed by atoms with E-state index in [2.05, 4.69) is 20.9 Å². The van der Waals surface area contributed by atoms with Crippen LogP contribution in [0.5, 0.6) is 0 Å². The fourth-order valence-corrected chi connectivity index (χ4v) is 3.70. The average molecular weight is 308 g/mol. The zero-order valence-electron chi connectivity index (χ0n) is 12.8. The van der Waals surface area contributed by atoms with E-state index >= 15 is 0 Å². The highest BCUT2D eigenvalue weighted by atomic mass is 16.2. The smallest absolute Gasteiger partial charge is 0.322 e. The van der Waals surface area contributed by atoms with Crippen molar-refractivity contribution in [3.8, 4) is 0 Å². The molecular formula is C15H24N4O3. The van der Waals surface area contributed by atoms with Gasteiger partial charge in [-0.1, -0.05) is 19.3 Å². The first-order valence-electron chi connectivity index (χ1n) is 8.23. The molecule has 0 unspecified atom stereocenters. The summed E-state index contributed by atoms with van der Waals surface area (Å²) < 4.78 is 0. The topological polar surface area (TPSA) is 90.5 Å². The molecule has 3 N–H and O–H groups in total. The van der Waals surface area contributed by atoms with Crippen molar-refractivity contribution in [3.05, 3.63) is 0 Å². The van der Waals surface area contributed by atoms with Crippen molar-refractivity contribution in [2.45, 2.75) is 56.5 Å². The predicted octanol–water partition coefficient (Wildman–Crippen LogP) is 0.109. The van der Waals surface area contributed by atoms with Crippen LogP contribution in [0.15, 0.2) is 0 Å². The van der Waals surface area contributed by atoms with Crippen molar-refractivity contribution in [1.82, 2.24) is 20.9 Å². The van der Waals surface area contributed by atoms with E-state index in [9.17, 15) is 14.4 Å². The third kappa shape index (κ3) is 3.24. The van der Waals surface area contributed by atoms with Crippen LogP contribution in [0.3, 0.4) is 0 Å². The quantitative estimate of drug-likeness (QED) is 0.646. The van der Waals surface area contributed by atoms with Gasteiger partial charge >= 0.3 is 6.03 Å². The van der Waals surface area contributed by atoms with Crippen molar-refractivity contribution in [2.24, 2.45) is 0 Å². The molecule has 0 aromatic rings. The van der Waals surface area contributed by atoms with Gasteiger partial charge in [-0.25, -0.2) is 4.79 Å². The Morgan fingerprint density at radius 2 is 1.86 bits per heavy atom. The van der Waals surface area contributed by atoms with Crippen molar-refractivity contribution >= 4 is 17.8 Å². The molecule has 7 nitrogen and oxygen atoms in total. The van der Waals surface area contributed by atoms with Crippen LogP contribution in [0.1, 0.15) is 44.9 Å². The molecule has 3 fully saturated rings. The van der Waals surface area contributed by atoms with Crippen LogP contribution in [0.4, 0.5) is 4.79 Å². The van der Waals surface area contributed by atoms with Gasteiger partial charge in [0.15, 0.2) is 0 Å². The first-order valence-corrected chi connectivity index (χ1v) is 8.23. The van der Waals surface area contributed by atoms with Crippen LogP contribution in [0.2, 0.25) is 0 Å². The van der Waals surface area contributed by atoms with Gasteiger partial charge < -0.3 is 10.6 Å². The monoisotopic (exact) mass is 308 g/mol. The maximum atomic E-state index is 12.1. The first kappa shape index (κ1) is 15.3. The van der Waals surface area contributed by atoms with E-state index in [1.165, 1.54) is 19.3 Å². The summed E-state index contributed by atoms with van der Waals surface area (Å²) in [5.41, 5.74) is -0.757. The summed E-state index contributed by atoms with van der Waals surface area (Å²) in [6.45, 7) is 1.67. The second-order valence-electron chi connectivity index (χ2n) is 6.67. The molecule has 3 aliphatic rings. The minimum atomic E-state index is -0.757. The summed E-state index contributed by atoms with van der Waals surface area (Å²) in [6, 6.07) is -0.0780. The van der Waals surface area contributed by atoms with Crippen molar-refractivity contribution in [2.75, 3.05) is 19.6 Å². The third-order valence-electron chi connectivity index (χ3n) is 5.06. The number of urea groups is 1. The largest absolute Gasteiger partial charge is 0.352 e. The Morgan fingerprint density at radius 1 is 1.18 bits per heavy atom. The Hall–Kier alpha value is -1.63. The molecule has 0 atom stereocenters. The maximum absolute atomic E-state index is 12.1. The number of hydrogen-bond donors (Lipinski definition) is 3. The Morgan fingerprint density at radius 3 is 2.45 bits per heavy atom. The molecule has 122 valence electrons. The van der Waals surface area contributed by atoms with Gasteiger partial charge in [-0.2, -0.15) is 0 Å². The minimum absolute atomic E-state index is 0.0720. The summed E-state index contributed by atoms with van der Waals surface area (Å²) in [6.07, 6.45) is 6.96. The van der Waals surface area contributed by atoms with Crippen LogP contribution in [-0.4, -0.2) is 54.0 Å². The number of imide groups is 1. The van der Waals surface area contributed by atoms with Crippen molar-refractivity contribution < 1.29 is 14.4 Å². The highest BCUT2D eigenvalue weighted by molar-refractivity contribution is 6.07. The fraction of sp³-hybridized carbons (Fsp3) is 0.800. The van der Waals surface area contributed by atoms with E-state index in [0.717, 1.165) is 12.8 Å². The minimum Gasteiger partial charge on any atom is -0.352 e. The molecular weight excluding hydrogens is 284 g/mol. The Bertz CT molecular complexity index is 465. The molecule has 22 heavy (non-hydrogen) atoms. The van der Waals surface area contributed by atoms with E-state index in [1.807, 2.05) is 0 Å². The van der Waals surface area contributed by atoms with E-state index in [1.54, 1.807) is 0 Å². The summed E-state index contributed by atoms with van der Waals surface area (Å²) in [7, 11) is 0. The number of carbonyl (C=O) groups is 3. The Labute approximate surface area is 130 Å². The summed E-state index contributed by atoms with van der Waals surface area (Å²) in [5.74, 6) is -0.161. The Balaban J connectivity index is 1.44. The number of nitrogens with one attached hydrogen (secondary N) is 3. The van der Waals surface area contributed by atoms with Gasteiger partial charge in [-0.15, -0.1) is 0 Å². The molecule has 0 bridgehead atoms. The third-order valence-corrected chi connectivity index (χ3v) is 5.06. The molecule has 3 rings (SSSR count). The predicted molar refractivity (Wildman–Crippen MR) is 80.1 cm³/mol. The highest BCUT2D eigenvalue weighted by Gasteiger charge is 2.47. The molecule has 1 aliphatic carbocycles. The van der Waals surface area contributed by atoms with Gasteiger partial charge in [0.25, 0.3) is 5.91 Å². The molecule has 1 spiro atoms. The van der Waals surface area contributed by atoms with Gasteiger partial charge in [-0.3, -0.25) is 19.8 Å². The number of amides is 4. The average Bonchev–Trinajstić information content (AvgIpc) is 2.77. The molecule has 7 heteroatoms. The normalized spacial score (nSPS) is 25.8. The zero-order valence-corrected chi connectivity index (χ0v) is 12.8. The lowest BCUT2D eigenvalue weighted by Crippen LogP contribution is -2.56. The maximum Gasteiger partial charge on any atom is 0.322 e. The van der Waals surface area contributed by atoms with E-state index in [4.69, 9.17) is 0 Å². The standard InChI is InChI=1S/C15H24N4O3/c20-12(16-11-4-2-1-3-5-11)10-19-8-6-15(7-9-19)13(21)17-14(22)18-15/h11H,1-10H2,(H,16,20)(H2,17,18,21,22). The van der Waals surface area contributed by atoms with Crippen LogP contribution in [0, 0.1) is 0 Å². The molecule has 1 saturated carbocycles. The molecule has 2 saturated heterocycles. The first-order chi connectivity index (χ1) is 10.6. The van der Waals surface area contributed by atoms with Crippen molar-refractivity contribution in [1.29, 1.82) is 0 Å². The van der Waals surface area contributed by atoms with Crippen LogP contribution in [-0.2, 0) is 9.59 Å². The molecule has 0 radical (unpaired) electrons. The van der Waals surface area contributed by atoms with Crippen molar-refractivity contribution in [3.63, 3.8) is 0 Å². The van der Waals surface area contributed by atoms with Crippen LogP contribution in [0.25, 0.3) is 0 Å². The Kier molecular flexibility index (Phi) is 4.33. The van der Waals surface area contributed by atoms with E-state index in [0.29, 0.717) is 38.5 Å². The molecule has 2 heterocycles. The summed E-state index contributed by atoms with van der Waals surface area (Å²) in [4.78, 5) is 37.3. The second kappa shape index (κ2) is 6.24. The number of likely N-dealkylation sites (tertiary alicyclic amines) is 1. The molecule has 2 aliphatic heterocycles. The van der Waals surface area contributed by atoms with E-state index in [-0.39, 0.29) is 11.8 Å². The lowest BCUT2D eigenvalue weighted by atomic mass is 9.88. The van der Waals surface area contributed by atoms with Gasteiger partial charge in [0.05, 0.1) is 6.54 Å². The van der Waals surface area contributed by atoms with Gasteiger partial charge in [0.1, 0.15) is 5.54 Å². The summed E-state index contributed by atoms with van der Waals surface area (Å²) in [5, 5.41) is 8.15. The van der Waals surface area contributed by atoms with Gasteiger partial charge in [0.2, 0.25) is 5.91 Å². The van der Waals surface area contributed by atoms with Crippen LogP contribution >= 0.6 is 0 Å². The fourth-order valence-electron chi connectivity index (χ4n) is 3.70. The highest BCUT2D eigenvalue weighted by Crippen LogP contribution is 2.25. The SMILES string of the molecule is O=C(CN1CCC2(CC1)NC(=O)NC2=O)NC1CCCCC1. The lowest BCUT2D eigenvalue weighted by molar-refractivity contribution is -0.126. The van der Waals surface area contributed by atoms with Gasteiger partial charge in [0, 0.05) is 19.1 Å². The van der Waals surface area contributed by atoms with Crippen LogP contribution < -0.4 is 16.0 Å². The lowest BCUT2D eigenvalue weighted by Gasteiger charge is -2.36. The zero-order chi connectivity index (χ0) is 15.6. The molecule has 0 aromatic carbocycles. The van der Waals surface area contributed by atoms with Gasteiger partial charge in [-0.05, 0) is 25.7 Å². The number of carbonyl (C=O) groups excluding carboxylic acids is 3. The van der Waals surface area contributed by atoms with E-state index < -0.39 is 11.6 Å². The second-order valence-corrected chi connectivity index (χ2v) is 6.67. The number of nitrogens with zero attached hydrogens (tertiary/aromatic N) is 1. The molecule has 0 aromatic heterocycles. The number of rotatable bonds is 3. The summed E-state index contributed by atoms with van der Waals surface area (Å²) >= 11 is 0.